The molecule has 8 nitrogen and oxygen atoms in total. The first-order chi connectivity index (χ1) is 18.4. The lowest BCUT2D eigenvalue weighted by Crippen LogP contribution is -2.35. The summed E-state index contributed by atoms with van der Waals surface area (Å²) < 4.78 is 12.1. The summed E-state index contributed by atoms with van der Waals surface area (Å²) in [5.41, 5.74) is 2.36. The third-order valence-electron chi connectivity index (χ3n) is 6.64. The molecule has 0 bridgehead atoms. The number of aromatic nitrogens is 2. The van der Waals surface area contributed by atoms with E-state index in [0.29, 0.717) is 39.5 Å². The fraction of sp³-hybridized carbons (Fsp3) is 0.321. The fourth-order valence-electron chi connectivity index (χ4n) is 4.54. The lowest BCUT2D eigenvalue weighted by molar-refractivity contribution is -0.113. The average molecular weight is 551 g/mol. The van der Waals surface area contributed by atoms with Gasteiger partial charge in [0.2, 0.25) is 5.91 Å². The van der Waals surface area contributed by atoms with Crippen molar-refractivity contribution < 1.29 is 14.3 Å². The molecule has 2 aromatic carbocycles. The molecule has 1 aliphatic rings. The van der Waals surface area contributed by atoms with Crippen LogP contribution in [0.3, 0.4) is 0 Å². The number of carbonyl (C=O) groups excluding carboxylic acids is 1. The number of methoxy groups -OCH3 is 2. The molecule has 0 spiro atoms. The second kappa shape index (κ2) is 11.2. The highest BCUT2D eigenvalue weighted by Gasteiger charge is 2.26. The molecule has 0 fully saturated rings. The Balaban J connectivity index is 1.49. The second-order valence-corrected chi connectivity index (χ2v) is 11.3. The van der Waals surface area contributed by atoms with Crippen LogP contribution in [0.15, 0.2) is 58.5 Å². The van der Waals surface area contributed by atoms with Gasteiger partial charge in [0.05, 0.1) is 31.0 Å². The van der Waals surface area contributed by atoms with Crippen molar-refractivity contribution >= 4 is 44.9 Å². The van der Waals surface area contributed by atoms with Crippen molar-refractivity contribution in [3.63, 3.8) is 0 Å². The van der Waals surface area contributed by atoms with Gasteiger partial charge in [0.15, 0.2) is 5.16 Å². The first-order valence-corrected chi connectivity index (χ1v) is 14.2. The van der Waals surface area contributed by atoms with Gasteiger partial charge in [-0.1, -0.05) is 11.8 Å². The van der Waals surface area contributed by atoms with E-state index in [1.165, 1.54) is 16.6 Å². The Bertz CT molecular complexity index is 1510. The monoisotopic (exact) mass is 550 g/mol. The van der Waals surface area contributed by atoms with E-state index < -0.39 is 0 Å². The van der Waals surface area contributed by atoms with Gasteiger partial charge in [0.1, 0.15) is 16.3 Å². The molecule has 1 N–H and O–H groups in total. The van der Waals surface area contributed by atoms with Crippen LogP contribution in [-0.2, 0) is 17.8 Å². The maximum absolute atomic E-state index is 14.0. The zero-order valence-electron chi connectivity index (χ0n) is 21.8. The van der Waals surface area contributed by atoms with Gasteiger partial charge in [0, 0.05) is 29.7 Å². The van der Waals surface area contributed by atoms with E-state index in [-0.39, 0.29) is 17.2 Å². The zero-order chi connectivity index (χ0) is 26.8. The summed E-state index contributed by atoms with van der Waals surface area (Å²) in [6.45, 7) is 6.13. The molecule has 10 heteroatoms. The summed E-state index contributed by atoms with van der Waals surface area (Å²) in [6.07, 6.45) is 0.823. The van der Waals surface area contributed by atoms with Crippen LogP contribution in [0.25, 0.3) is 15.9 Å². The fourth-order valence-corrected chi connectivity index (χ4v) is 6.64. The number of thiophene rings is 1. The molecule has 1 aliphatic heterocycles. The molecule has 198 valence electrons. The van der Waals surface area contributed by atoms with Gasteiger partial charge in [-0.05, 0) is 74.4 Å². The van der Waals surface area contributed by atoms with E-state index in [0.717, 1.165) is 29.9 Å². The Morgan fingerprint density at radius 1 is 1.08 bits per heavy atom. The summed E-state index contributed by atoms with van der Waals surface area (Å²) in [5.74, 6) is 1.33. The Morgan fingerprint density at radius 2 is 1.74 bits per heavy atom. The molecule has 4 aromatic rings. The Morgan fingerprint density at radius 3 is 2.37 bits per heavy atom. The number of amides is 1. The topological polar surface area (TPSA) is 85.7 Å². The van der Waals surface area contributed by atoms with E-state index in [1.54, 1.807) is 54.4 Å². The number of anilines is 1. The SMILES string of the molecule is COc1ccc(NC(=O)CSc2nc3sc4c(c3c(=O)n2-c2ccc(OC)cc2)CCN(C(C)C)C4)cc1. The van der Waals surface area contributed by atoms with Crippen molar-refractivity contribution in [3.8, 4) is 17.2 Å². The molecular formula is C28H30N4O4S2. The van der Waals surface area contributed by atoms with Crippen molar-refractivity contribution in [1.29, 1.82) is 0 Å². The summed E-state index contributed by atoms with van der Waals surface area (Å²) in [5, 5.41) is 4.07. The first kappa shape index (κ1) is 26.3. The molecule has 0 saturated heterocycles. The minimum atomic E-state index is -0.186. The van der Waals surface area contributed by atoms with E-state index in [1.807, 2.05) is 24.3 Å². The highest BCUT2D eigenvalue weighted by Crippen LogP contribution is 2.35. The molecule has 0 aliphatic carbocycles. The van der Waals surface area contributed by atoms with Crippen molar-refractivity contribution in [2.24, 2.45) is 0 Å². The van der Waals surface area contributed by atoms with E-state index in [2.05, 4.69) is 24.1 Å². The van der Waals surface area contributed by atoms with Crippen molar-refractivity contribution in [2.45, 2.75) is 38.0 Å². The number of hydrogen-bond acceptors (Lipinski definition) is 8. The first-order valence-electron chi connectivity index (χ1n) is 12.4. The quantitative estimate of drug-likeness (QED) is 0.245. The smallest absolute Gasteiger partial charge is 0.267 e. The van der Waals surface area contributed by atoms with Crippen LogP contribution in [0.4, 0.5) is 5.69 Å². The van der Waals surface area contributed by atoms with Crippen LogP contribution in [0.1, 0.15) is 24.3 Å². The number of carbonyl (C=O) groups is 1. The van der Waals surface area contributed by atoms with Crippen LogP contribution < -0.4 is 20.3 Å². The standard InChI is InChI=1S/C28H30N4O4S2/c1-17(2)31-14-13-22-23(15-31)38-26-25(22)27(34)32(19-7-11-21(36-4)12-8-19)28(30-26)37-16-24(33)29-18-5-9-20(35-3)10-6-18/h5-12,17H,13-16H2,1-4H3,(H,29,33). The number of nitrogens with one attached hydrogen (secondary N) is 1. The molecule has 0 saturated carbocycles. The minimum Gasteiger partial charge on any atom is -0.497 e. The molecule has 3 heterocycles. The van der Waals surface area contributed by atoms with Crippen molar-refractivity contribution in [1.82, 2.24) is 14.5 Å². The van der Waals surface area contributed by atoms with Gasteiger partial charge in [-0.15, -0.1) is 11.3 Å². The normalized spacial score (nSPS) is 13.5. The molecule has 0 atom stereocenters. The van der Waals surface area contributed by atoms with Gasteiger partial charge in [0.25, 0.3) is 5.56 Å². The number of rotatable bonds is 8. The van der Waals surface area contributed by atoms with Gasteiger partial charge in [-0.2, -0.15) is 0 Å². The predicted molar refractivity (Wildman–Crippen MR) is 153 cm³/mol. The third-order valence-corrected chi connectivity index (χ3v) is 8.69. The average Bonchev–Trinajstić information content (AvgIpc) is 3.30. The van der Waals surface area contributed by atoms with Gasteiger partial charge in [-0.3, -0.25) is 19.1 Å². The number of benzene rings is 2. The van der Waals surface area contributed by atoms with Crippen molar-refractivity contribution in [3.05, 3.63) is 69.3 Å². The minimum absolute atomic E-state index is 0.103. The third kappa shape index (κ3) is 5.29. The van der Waals surface area contributed by atoms with E-state index >= 15 is 0 Å². The molecule has 0 radical (unpaired) electrons. The van der Waals surface area contributed by atoms with Crippen LogP contribution in [0.5, 0.6) is 11.5 Å². The maximum Gasteiger partial charge on any atom is 0.267 e. The van der Waals surface area contributed by atoms with Crippen LogP contribution in [0, 0.1) is 0 Å². The number of thioether (sulfide) groups is 1. The predicted octanol–water partition coefficient (Wildman–Crippen LogP) is 4.96. The van der Waals surface area contributed by atoms with Gasteiger partial charge >= 0.3 is 0 Å². The summed E-state index contributed by atoms with van der Waals surface area (Å²) in [7, 11) is 3.20. The van der Waals surface area contributed by atoms with E-state index in [9.17, 15) is 9.59 Å². The van der Waals surface area contributed by atoms with Gasteiger partial charge < -0.3 is 14.8 Å². The van der Waals surface area contributed by atoms with Crippen LogP contribution >= 0.6 is 23.1 Å². The second-order valence-electron chi connectivity index (χ2n) is 9.30. The molecule has 2 aromatic heterocycles. The number of ether oxygens (including phenoxy) is 2. The lowest BCUT2D eigenvalue weighted by Gasteiger charge is -2.30. The summed E-state index contributed by atoms with van der Waals surface area (Å²) in [4.78, 5) is 36.1. The van der Waals surface area contributed by atoms with E-state index in [4.69, 9.17) is 14.5 Å². The zero-order valence-corrected chi connectivity index (χ0v) is 23.4. The Hall–Kier alpha value is -3.34. The lowest BCUT2D eigenvalue weighted by atomic mass is 10.0. The number of nitrogens with zero attached hydrogens (tertiary/aromatic N) is 3. The highest BCUT2D eigenvalue weighted by atomic mass is 32.2. The number of fused-ring (bicyclic) bond motifs is 3. The van der Waals surface area contributed by atoms with Crippen LogP contribution in [0.2, 0.25) is 0 Å². The maximum atomic E-state index is 14.0. The summed E-state index contributed by atoms with van der Waals surface area (Å²) in [6, 6.07) is 14.9. The Labute approximate surface area is 229 Å². The molecule has 1 amide bonds. The molecule has 0 unspecified atom stereocenters. The van der Waals surface area contributed by atoms with Gasteiger partial charge in [-0.25, -0.2) is 4.98 Å². The van der Waals surface area contributed by atoms with Crippen LogP contribution in [-0.4, -0.2) is 52.9 Å². The highest BCUT2D eigenvalue weighted by molar-refractivity contribution is 7.99. The Kier molecular flexibility index (Phi) is 7.73. The molecular weight excluding hydrogens is 520 g/mol. The largest absolute Gasteiger partial charge is 0.497 e. The molecule has 5 rings (SSSR count). The molecule has 38 heavy (non-hydrogen) atoms. The van der Waals surface area contributed by atoms with Crippen molar-refractivity contribution in [2.75, 3.05) is 31.8 Å². The summed E-state index contributed by atoms with van der Waals surface area (Å²) >= 11 is 2.84. The number of hydrogen-bond donors (Lipinski definition) is 1.